The summed E-state index contributed by atoms with van der Waals surface area (Å²) in [5.41, 5.74) is 2.92. The first kappa shape index (κ1) is 19.2. The average Bonchev–Trinajstić information content (AvgIpc) is 2.94. The van der Waals surface area contributed by atoms with E-state index in [0.717, 1.165) is 18.7 Å². The molecule has 0 bridgehead atoms. The van der Waals surface area contributed by atoms with Crippen molar-refractivity contribution in [3.8, 4) is 0 Å². The maximum Gasteiger partial charge on any atom is 0.313 e. The van der Waals surface area contributed by atoms with E-state index in [9.17, 15) is 14.7 Å². The molecule has 2 atom stereocenters. The van der Waals surface area contributed by atoms with Crippen LogP contribution in [-0.4, -0.2) is 65.8 Å². The molecule has 1 aromatic rings. The second-order valence-corrected chi connectivity index (χ2v) is 8.93. The van der Waals surface area contributed by atoms with E-state index in [4.69, 9.17) is 0 Å². The van der Waals surface area contributed by atoms with E-state index in [1.807, 2.05) is 7.05 Å². The molecule has 3 rings (SSSR count). The maximum absolute atomic E-state index is 12.7. The van der Waals surface area contributed by atoms with Crippen LogP contribution in [0.2, 0.25) is 0 Å². The van der Waals surface area contributed by atoms with Crippen LogP contribution in [0.25, 0.3) is 0 Å². The lowest BCUT2D eigenvalue weighted by molar-refractivity contribution is -0.154. The van der Waals surface area contributed by atoms with E-state index < -0.39 is 11.4 Å². The third kappa shape index (κ3) is 3.91. The molecule has 0 radical (unpaired) electrons. The van der Waals surface area contributed by atoms with E-state index in [1.165, 1.54) is 16.7 Å². The van der Waals surface area contributed by atoms with Gasteiger partial charge in [0.2, 0.25) is 5.91 Å². The fourth-order valence-electron chi connectivity index (χ4n) is 4.46. The van der Waals surface area contributed by atoms with Gasteiger partial charge in [0.25, 0.3) is 0 Å². The van der Waals surface area contributed by atoms with E-state index in [1.54, 1.807) is 16.7 Å². The van der Waals surface area contributed by atoms with Crippen molar-refractivity contribution in [1.82, 2.24) is 9.80 Å². The molecule has 2 saturated heterocycles. The summed E-state index contributed by atoms with van der Waals surface area (Å²) in [6.07, 6.45) is 0.849. The van der Waals surface area contributed by atoms with Crippen LogP contribution in [0.15, 0.2) is 18.2 Å². The number of fused-ring (bicyclic) bond motifs is 1. The van der Waals surface area contributed by atoms with Gasteiger partial charge in [-0.05, 0) is 45.3 Å². The van der Waals surface area contributed by atoms with Crippen LogP contribution < -0.4 is 0 Å². The van der Waals surface area contributed by atoms with Crippen molar-refractivity contribution in [2.24, 2.45) is 11.3 Å². The Hall–Kier alpha value is -1.53. The summed E-state index contributed by atoms with van der Waals surface area (Å²) in [7, 11) is 1.96. The predicted molar refractivity (Wildman–Crippen MR) is 104 cm³/mol. The molecule has 1 aromatic carbocycles. The van der Waals surface area contributed by atoms with Gasteiger partial charge in [0.15, 0.2) is 0 Å². The van der Waals surface area contributed by atoms with Crippen LogP contribution >= 0.6 is 11.8 Å². The Morgan fingerprint density at radius 3 is 2.58 bits per heavy atom. The van der Waals surface area contributed by atoms with Gasteiger partial charge in [-0.15, -0.1) is 11.8 Å². The predicted octanol–water partition coefficient (Wildman–Crippen LogP) is 2.40. The molecule has 0 saturated carbocycles. The number of rotatable bonds is 5. The molecule has 0 spiro atoms. The molecular formula is C20H28N2O3S. The summed E-state index contributed by atoms with van der Waals surface area (Å²) in [6.45, 7) is 6.54. The number of hydrogen-bond donors (Lipinski definition) is 1. The van der Waals surface area contributed by atoms with Crippen molar-refractivity contribution in [2.45, 2.75) is 26.0 Å². The number of aliphatic carboxylic acids is 1. The van der Waals surface area contributed by atoms with Gasteiger partial charge in [-0.2, -0.15) is 0 Å². The molecule has 6 heteroatoms. The molecule has 2 aliphatic heterocycles. The second kappa shape index (κ2) is 7.61. The highest BCUT2D eigenvalue weighted by Crippen LogP contribution is 2.42. The fraction of sp³-hybridized carbons (Fsp3) is 0.600. The van der Waals surface area contributed by atoms with Crippen molar-refractivity contribution in [2.75, 3.05) is 39.0 Å². The van der Waals surface area contributed by atoms with Crippen molar-refractivity contribution >= 4 is 23.6 Å². The Bertz CT molecular complexity index is 688. The molecule has 0 aromatic heterocycles. The lowest BCUT2D eigenvalue weighted by Crippen LogP contribution is -2.52. The number of hydrogen-bond acceptors (Lipinski definition) is 4. The van der Waals surface area contributed by atoms with E-state index in [0.29, 0.717) is 25.4 Å². The summed E-state index contributed by atoms with van der Waals surface area (Å²) < 4.78 is 0. The van der Waals surface area contributed by atoms with Gasteiger partial charge >= 0.3 is 5.97 Å². The largest absolute Gasteiger partial charge is 0.481 e. The molecule has 26 heavy (non-hydrogen) atoms. The highest BCUT2D eigenvalue weighted by Gasteiger charge is 2.55. The number of carboxylic acids is 1. The number of carboxylic acid groups (broad SMARTS) is 1. The first-order chi connectivity index (χ1) is 12.3. The van der Waals surface area contributed by atoms with Crippen LogP contribution in [0.3, 0.4) is 0 Å². The molecule has 2 aliphatic rings. The Morgan fingerprint density at radius 2 is 1.92 bits per heavy atom. The molecule has 5 nitrogen and oxygen atoms in total. The number of aryl methyl sites for hydroxylation is 2. The number of amides is 1. The normalized spacial score (nSPS) is 26.0. The summed E-state index contributed by atoms with van der Waals surface area (Å²) in [4.78, 5) is 28.5. The van der Waals surface area contributed by atoms with Gasteiger partial charge in [0.05, 0.1) is 5.75 Å². The molecule has 1 amide bonds. The van der Waals surface area contributed by atoms with Gasteiger partial charge in [-0.1, -0.05) is 29.3 Å². The number of thioether (sulfide) groups is 1. The third-order valence-corrected chi connectivity index (χ3v) is 6.65. The smallest absolute Gasteiger partial charge is 0.313 e. The summed E-state index contributed by atoms with van der Waals surface area (Å²) in [6, 6.07) is 6.46. The first-order valence-electron chi connectivity index (χ1n) is 9.15. The Morgan fingerprint density at radius 1 is 1.23 bits per heavy atom. The molecular weight excluding hydrogens is 348 g/mol. The van der Waals surface area contributed by atoms with Crippen LogP contribution in [0.1, 0.15) is 23.1 Å². The molecule has 2 fully saturated rings. The zero-order chi connectivity index (χ0) is 18.9. The lowest BCUT2D eigenvalue weighted by atomic mass is 9.73. The highest BCUT2D eigenvalue weighted by molar-refractivity contribution is 7.99. The minimum atomic E-state index is -0.791. The van der Waals surface area contributed by atoms with E-state index in [-0.39, 0.29) is 11.8 Å². The SMILES string of the molecule is Cc1cc(C)cc(CSCC(=O)N2C[C@H]3CCN(C)C[C@@]3(C(=O)O)C2)c1. The van der Waals surface area contributed by atoms with Crippen molar-refractivity contribution < 1.29 is 14.7 Å². The van der Waals surface area contributed by atoms with Crippen molar-refractivity contribution in [1.29, 1.82) is 0 Å². The lowest BCUT2D eigenvalue weighted by Gasteiger charge is -2.39. The average molecular weight is 377 g/mol. The van der Waals surface area contributed by atoms with E-state index >= 15 is 0 Å². The minimum absolute atomic E-state index is 0.0667. The molecule has 1 N–H and O–H groups in total. The molecule has 0 unspecified atom stereocenters. The number of benzene rings is 1. The zero-order valence-corrected chi connectivity index (χ0v) is 16.6. The van der Waals surface area contributed by atoms with Crippen LogP contribution in [0.5, 0.6) is 0 Å². The maximum atomic E-state index is 12.7. The summed E-state index contributed by atoms with van der Waals surface area (Å²) in [5, 5.41) is 9.82. The third-order valence-electron chi connectivity index (χ3n) is 5.66. The van der Waals surface area contributed by atoms with E-state index in [2.05, 4.69) is 36.9 Å². The topological polar surface area (TPSA) is 60.9 Å². The van der Waals surface area contributed by atoms with Crippen molar-refractivity contribution in [3.63, 3.8) is 0 Å². The van der Waals surface area contributed by atoms with Gasteiger partial charge in [0, 0.05) is 25.4 Å². The number of nitrogens with zero attached hydrogens (tertiary/aromatic N) is 2. The van der Waals surface area contributed by atoms with Gasteiger partial charge in [0.1, 0.15) is 5.41 Å². The van der Waals surface area contributed by atoms with Crippen LogP contribution in [-0.2, 0) is 15.3 Å². The Labute approximate surface area is 159 Å². The quantitative estimate of drug-likeness (QED) is 0.855. The molecule has 0 aliphatic carbocycles. The summed E-state index contributed by atoms with van der Waals surface area (Å²) >= 11 is 1.61. The number of carbonyl (C=O) groups excluding carboxylic acids is 1. The second-order valence-electron chi connectivity index (χ2n) is 7.95. The Balaban J connectivity index is 1.58. The molecule has 142 valence electrons. The standard InChI is InChI=1S/C20H28N2O3S/c1-14-6-15(2)8-16(7-14)10-26-11-18(23)22-9-17-4-5-21(3)12-20(17,13-22)19(24)25/h6-8,17H,4-5,9-13H2,1-3H3,(H,24,25)/t17-,20-/m1/s1. The zero-order valence-electron chi connectivity index (χ0n) is 15.8. The van der Waals surface area contributed by atoms with Gasteiger partial charge in [-0.25, -0.2) is 0 Å². The van der Waals surface area contributed by atoms with Crippen molar-refractivity contribution in [3.05, 3.63) is 34.9 Å². The molecule has 2 heterocycles. The summed E-state index contributed by atoms with van der Waals surface area (Å²) in [5.74, 6) is 0.595. The van der Waals surface area contributed by atoms with Gasteiger partial charge < -0.3 is 14.9 Å². The first-order valence-corrected chi connectivity index (χ1v) is 10.3. The number of likely N-dealkylation sites (tertiary alicyclic amines) is 2. The Kier molecular flexibility index (Phi) is 5.63. The fourth-order valence-corrected chi connectivity index (χ4v) is 5.32. The highest BCUT2D eigenvalue weighted by atomic mass is 32.2. The van der Waals surface area contributed by atoms with Gasteiger partial charge in [-0.3, -0.25) is 9.59 Å². The number of piperidine rings is 1. The minimum Gasteiger partial charge on any atom is -0.481 e. The monoisotopic (exact) mass is 376 g/mol. The van der Waals surface area contributed by atoms with Crippen LogP contribution in [0, 0.1) is 25.2 Å². The number of carbonyl (C=O) groups is 2. The van der Waals surface area contributed by atoms with Crippen LogP contribution in [0.4, 0.5) is 0 Å².